The summed E-state index contributed by atoms with van der Waals surface area (Å²) in [6.07, 6.45) is 0.973. The molecule has 0 spiro atoms. The molecule has 0 bridgehead atoms. The molecule has 0 aliphatic carbocycles. The van der Waals surface area contributed by atoms with Gasteiger partial charge in [0.15, 0.2) is 9.84 Å². The van der Waals surface area contributed by atoms with Gasteiger partial charge in [0.05, 0.1) is 24.1 Å². The molecule has 2 atom stereocenters. The Bertz CT molecular complexity index is 712. The van der Waals surface area contributed by atoms with Crippen molar-refractivity contribution in [1.29, 1.82) is 0 Å². The average molecular weight is 350 g/mol. The predicted octanol–water partition coefficient (Wildman–Crippen LogP) is 1.86. The third-order valence-corrected chi connectivity index (χ3v) is 6.71. The van der Waals surface area contributed by atoms with E-state index in [0.29, 0.717) is 12.5 Å². The van der Waals surface area contributed by atoms with Gasteiger partial charge in [-0.25, -0.2) is 8.42 Å². The summed E-state index contributed by atoms with van der Waals surface area (Å²) in [7, 11) is -3.11. The van der Waals surface area contributed by atoms with Gasteiger partial charge in [-0.05, 0) is 37.9 Å². The molecule has 0 saturated carbocycles. The van der Waals surface area contributed by atoms with Crippen LogP contribution in [0, 0.1) is 12.8 Å². The van der Waals surface area contributed by atoms with Gasteiger partial charge in [0, 0.05) is 11.7 Å². The smallest absolute Gasteiger partial charge is 0.241 e. The summed E-state index contributed by atoms with van der Waals surface area (Å²) in [6.45, 7) is 7.37. The van der Waals surface area contributed by atoms with Gasteiger partial charge in [0.2, 0.25) is 5.91 Å². The molecule has 0 radical (unpaired) electrons. The first-order chi connectivity index (χ1) is 11.3. The van der Waals surface area contributed by atoms with Gasteiger partial charge in [-0.2, -0.15) is 0 Å². The van der Waals surface area contributed by atoms with E-state index in [2.05, 4.69) is 18.7 Å². The molecule has 2 fully saturated rings. The van der Waals surface area contributed by atoms with Crippen molar-refractivity contribution < 1.29 is 13.2 Å². The zero-order valence-corrected chi connectivity index (χ0v) is 15.4. The van der Waals surface area contributed by atoms with Crippen LogP contribution in [0.4, 0.5) is 5.69 Å². The molecule has 1 amide bonds. The van der Waals surface area contributed by atoms with E-state index in [9.17, 15) is 13.2 Å². The minimum Gasteiger partial charge on any atom is -0.306 e. The van der Waals surface area contributed by atoms with Crippen LogP contribution in [-0.4, -0.2) is 55.9 Å². The van der Waals surface area contributed by atoms with Crippen molar-refractivity contribution in [3.05, 3.63) is 29.8 Å². The van der Waals surface area contributed by atoms with Gasteiger partial charge in [0.1, 0.15) is 0 Å². The van der Waals surface area contributed by atoms with Gasteiger partial charge in [-0.3, -0.25) is 9.69 Å². The topological polar surface area (TPSA) is 57.7 Å². The molecular formula is C18H26N2O3S. The number of fused-ring (bicyclic) bond motifs is 1. The Kier molecular flexibility index (Phi) is 4.71. The summed E-state index contributed by atoms with van der Waals surface area (Å²) >= 11 is 0. The maximum Gasteiger partial charge on any atom is 0.241 e. The van der Waals surface area contributed by atoms with Gasteiger partial charge in [-0.1, -0.05) is 31.5 Å². The second kappa shape index (κ2) is 6.48. The van der Waals surface area contributed by atoms with E-state index >= 15 is 0 Å². The quantitative estimate of drug-likeness (QED) is 0.832. The molecule has 2 aliphatic heterocycles. The lowest BCUT2D eigenvalue weighted by atomic mass is 10.0. The van der Waals surface area contributed by atoms with E-state index in [1.807, 2.05) is 31.2 Å². The summed E-state index contributed by atoms with van der Waals surface area (Å²) in [4.78, 5) is 16.6. The first-order valence-corrected chi connectivity index (χ1v) is 10.4. The Balaban J connectivity index is 1.90. The Labute approximate surface area is 144 Å². The molecule has 3 rings (SSSR count). The van der Waals surface area contributed by atoms with Crippen LogP contribution in [0.25, 0.3) is 0 Å². The van der Waals surface area contributed by atoms with Crippen molar-refractivity contribution in [1.82, 2.24) is 4.90 Å². The predicted molar refractivity (Wildman–Crippen MR) is 95.9 cm³/mol. The third-order valence-electron chi connectivity index (χ3n) is 5.01. The standard InChI is InChI=1S/C18H26N2O3S/c1-13(2)8-9-19-10-18(21)20(15-6-4-14(3)5-7-15)17-12-24(22,23)11-16(17)19/h4-7,13,16-17H,8-12H2,1-3H3/t16-,17+/m0/s1. The number of piperazine rings is 1. The molecule has 2 heterocycles. The van der Waals surface area contributed by atoms with Crippen molar-refractivity contribution in [2.75, 3.05) is 29.5 Å². The number of rotatable bonds is 4. The fourth-order valence-electron chi connectivity index (χ4n) is 3.67. The van der Waals surface area contributed by atoms with E-state index in [-0.39, 0.29) is 29.5 Å². The van der Waals surface area contributed by atoms with Crippen LogP contribution in [0.3, 0.4) is 0 Å². The normalized spacial score (nSPS) is 26.8. The zero-order chi connectivity index (χ0) is 17.5. The number of hydrogen-bond acceptors (Lipinski definition) is 4. The SMILES string of the molecule is Cc1ccc(N2C(=O)CN(CCC(C)C)[C@H]3CS(=O)(=O)C[C@H]32)cc1. The van der Waals surface area contributed by atoms with Gasteiger partial charge in [0.25, 0.3) is 0 Å². The van der Waals surface area contributed by atoms with Crippen LogP contribution in [0.5, 0.6) is 0 Å². The van der Waals surface area contributed by atoms with E-state index in [1.54, 1.807) is 4.90 Å². The van der Waals surface area contributed by atoms with Crippen LogP contribution in [0.2, 0.25) is 0 Å². The summed E-state index contributed by atoms with van der Waals surface area (Å²) < 4.78 is 24.5. The summed E-state index contributed by atoms with van der Waals surface area (Å²) in [5.41, 5.74) is 1.93. The van der Waals surface area contributed by atoms with Crippen LogP contribution < -0.4 is 4.90 Å². The number of hydrogen-bond donors (Lipinski definition) is 0. The van der Waals surface area contributed by atoms with Gasteiger partial charge >= 0.3 is 0 Å². The lowest BCUT2D eigenvalue weighted by molar-refractivity contribution is -0.123. The molecule has 2 aliphatic rings. The maximum absolute atomic E-state index is 12.8. The highest BCUT2D eigenvalue weighted by Gasteiger charge is 2.49. The largest absolute Gasteiger partial charge is 0.306 e. The number of benzene rings is 1. The first kappa shape index (κ1) is 17.4. The molecule has 5 nitrogen and oxygen atoms in total. The van der Waals surface area contributed by atoms with Crippen LogP contribution in [-0.2, 0) is 14.6 Å². The van der Waals surface area contributed by atoms with E-state index < -0.39 is 9.84 Å². The molecule has 0 aromatic heterocycles. The summed E-state index contributed by atoms with van der Waals surface area (Å²) in [6, 6.07) is 7.40. The Hall–Kier alpha value is -1.40. The lowest BCUT2D eigenvalue weighted by Gasteiger charge is -2.43. The molecule has 24 heavy (non-hydrogen) atoms. The van der Waals surface area contributed by atoms with Crippen molar-refractivity contribution in [2.24, 2.45) is 5.92 Å². The van der Waals surface area contributed by atoms with Crippen LogP contribution in [0.15, 0.2) is 24.3 Å². The monoisotopic (exact) mass is 350 g/mol. The molecule has 132 valence electrons. The first-order valence-electron chi connectivity index (χ1n) is 8.60. The third kappa shape index (κ3) is 3.49. The Morgan fingerprint density at radius 1 is 1.12 bits per heavy atom. The lowest BCUT2D eigenvalue weighted by Crippen LogP contribution is -2.62. The Morgan fingerprint density at radius 3 is 2.38 bits per heavy atom. The Morgan fingerprint density at radius 2 is 1.75 bits per heavy atom. The van der Waals surface area contributed by atoms with Crippen LogP contribution in [0.1, 0.15) is 25.8 Å². The minimum atomic E-state index is -3.11. The highest BCUT2D eigenvalue weighted by atomic mass is 32.2. The second-order valence-corrected chi connectivity index (χ2v) is 9.62. The number of carbonyl (C=O) groups excluding carboxylic acids is 1. The molecule has 0 unspecified atom stereocenters. The van der Waals surface area contributed by atoms with Crippen molar-refractivity contribution in [2.45, 2.75) is 39.3 Å². The average Bonchev–Trinajstić information content (AvgIpc) is 2.81. The van der Waals surface area contributed by atoms with Crippen molar-refractivity contribution in [3.8, 4) is 0 Å². The van der Waals surface area contributed by atoms with Crippen molar-refractivity contribution in [3.63, 3.8) is 0 Å². The second-order valence-electron chi connectivity index (χ2n) is 7.46. The molecule has 1 aromatic rings. The molecule has 2 saturated heterocycles. The fourth-order valence-corrected chi connectivity index (χ4v) is 5.65. The highest BCUT2D eigenvalue weighted by molar-refractivity contribution is 7.91. The number of sulfone groups is 1. The van der Waals surface area contributed by atoms with Gasteiger partial charge < -0.3 is 4.90 Å². The number of anilines is 1. The molecule has 1 aromatic carbocycles. The maximum atomic E-state index is 12.8. The minimum absolute atomic E-state index is 0.000888. The molecular weight excluding hydrogens is 324 g/mol. The summed E-state index contributed by atoms with van der Waals surface area (Å²) in [5.74, 6) is 0.758. The number of carbonyl (C=O) groups is 1. The van der Waals surface area contributed by atoms with E-state index in [4.69, 9.17) is 0 Å². The van der Waals surface area contributed by atoms with Crippen molar-refractivity contribution >= 4 is 21.4 Å². The van der Waals surface area contributed by atoms with Gasteiger partial charge in [-0.15, -0.1) is 0 Å². The summed E-state index contributed by atoms with van der Waals surface area (Å²) in [5, 5.41) is 0. The highest BCUT2D eigenvalue weighted by Crippen LogP contribution is 2.32. The number of aryl methyl sites for hydroxylation is 1. The zero-order valence-electron chi connectivity index (χ0n) is 14.6. The van der Waals surface area contributed by atoms with Crippen LogP contribution >= 0.6 is 0 Å². The number of nitrogens with zero attached hydrogens (tertiary/aromatic N) is 2. The fraction of sp³-hybridized carbons (Fsp3) is 0.611. The van der Waals surface area contributed by atoms with E-state index in [1.165, 1.54) is 0 Å². The molecule has 6 heteroatoms. The number of amides is 1. The van der Waals surface area contributed by atoms with E-state index in [0.717, 1.165) is 24.2 Å². The molecule has 0 N–H and O–H groups in total.